The van der Waals surface area contributed by atoms with Crippen molar-refractivity contribution in [1.82, 2.24) is 0 Å². The molecule has 5 heteroatoms. The molecule has 140 valence electrons. The lowest BCUT2D eigenvalue weighted by molar-refractivity contribution is 0.414. The van der Waals surface area contributed by atoms with Gasteiger partial charge in [-0.05, 0) is 66.6 Å². The number of aryl methyl sites for hydroxylation is 1. The largest absolute Gasteiger partial charge is 0.497 e. The van der Waals surface area contributed by atoms with E-state index in [1.165, 1.54) is 22.2 Å². The zero-order chi connectivity index (χ0) is 19.3. The van der Waals surface area contributed by atoms with Gasteiger partial charge in [0.1, 0.15) is 11.5 Å². The Morgan fingerprint density at radius 3 is 2.43 bits per heavy atom. The van der Waals surface area contributed by atoms with Crippen LogP contribution in [-0.4, -0.2) is 12.3 Å². The van der Waals surface area contributed by atoms with Crippen LogP contribution >= 0.6 is 23.5 Å². The van der Waals surface area contributed by atoms with Crippen LogP contribution in [-0.2, 0) is 0 Å². The summed E-state index contributed by atoms with van der Waals surface area (Å²) in [6, 6.07) is 24.2. The Balaban J connectivity index is 1.66. The topological polar surface area (TPSA) is 30.8 Å². The van der Waals surface area contributed by atoms with E-state index in [-0.39, 0.29) is 0 Å². The Morgan fingerprint density at radius 2 is 1.68 bits per heavy atom. The van der Waals surface area contributed by atoms with E-state index in [0.29, 0.717) is 5.23 Å². The highest BCUT2D eigenvalue weighted by Gasteiger charge is 2.20. The van der Waals surface area contributed by atoms with Crippen LogP contribution in [0.1, 0.15) is 11.1 Å². The van der Waals surface area contributed by atoms with Gasteiger partial charge in [-0.1, -0.05) is 47.7 Å². The van der Waals surface area contributed by atoms with Crippen LogP contribution in [0.3, 0.4) is 0 Å². The number of ether oxygens (including phenoxy) is 2. The van der Waals surface area contributed by atoms with Gasteiger partial charge in [0, 0.05) is 15.4 Å². The lowest BCUT2D eigenvalue weighted by Gasteiger charge is -2.19. The molecule has 0 bridgehead atoms. The van der Waals surface area contributed by atoms with Gasteiger partial charge in [0.25, 0.3) is 5.23 Å². The van der Waals surface area contributed by atoms with Crippen LogP contribution in [0.15, 0.2) is 88.1 Å². The number of fused-ring (bicyclic) bond motifs is 1. The van der Waals surface area contributed by atoms with Crippen molar-refractivity contribution in [3.05, 3.63) is 89.3 Å². The maximum Gasteiger partial charge on any atom is 0.261 e. The Morgan fingerprint density at radius 1 is 0.929 bits per heavy atom. The molecule has 1 aliphatic heterocycles. The van der Waals surface area contributed by atoms with Gasteiger partial charge in [-0.2, -0.15) is 0 Å². The van der Waals surface area contributed by atoms with Crippen LogP contribution in [0.2, 0.25) is 0 Å². The predicted molar refractivity (Wildman–Crippen MR) is 120 cm³/mol. The normalized spacial score (nSPS) is 14.4. The summed E-state index contributed by atoms with van der Waals surface area (Å²) in [6.07, 6.45) is 0. The first kappa shape index (κ1) is 18.7. The van der Waals surface area contributed by atoms with E-state index in [2.05, 4.69) is 24.5 Å². The summed E-state index contributed by atoms with van der Waals surface area (Å²) >= 11 is 3.20. The fraction of sp³-hybridized carbons (Fsp3) is 0.0870. The van der Waals surface area contributed by atoms with Crippen LogP contribution in [0.4, 0.5) is 5.69 Å². The maximum absolute atomic E-state index is 6.04. The number of nitrogens with zero attached hydrogens (tertiary/aromatic N) is 1. The molecule has 3 aromatic rings. The van der Waals surface area contributed by atoms with Gasteiger partial charge >= 0.3 is 0 Å². The van der Waals surface area contributed by atoms with Crippen molar-refractivity contribution in [2.75, 3.05) is 7.11 Å². The Kier molecular flexibility index (Phi) is 5.74. The molecule has 0 N–H and O–H groups in total. The fourth-order valence-corrected chi connectivity index (χ4v) is 4.43. The van der Waals surface area contributed by atoms with E-state index >= 15 is 0 Å². The Bertz CT molecular complexity index is 1030. The van der Waals surface area contributed by atoms with Gasteiger partial charge in [0.05, 0.1) is 12.8 Å². The van der Waals surface area contributed by atoms with Crippen LogP contribution in [0.5, 0.6) is 11.5 Å². The quantitative estimate of drug-likeness (QED) is 0.441. The van der Waals surface area contributed by atoms with Gasteiger partial charge < -0.3 is 9.47 Å². The van der Waals surface area contributed by atoms with Gasteiger partial charge in [-0.3, -0.25) is 0 Å². The second-order valence-corrected chi connectivity index (χ2v) is 8.13. The van der Waals surface area contributed by atoms with Crippen molar-refractivity contribution in [2.24, 2.45) is 4.99 Å². The molecule has 0 amide bonds. The van der Waals surface area contributed by atoms with Crippen LogP contribution in [0.25, 0.3) is 4.91 Å². The number of rotatable bonds is 4. The lowest BCUT2D eigenvalue weighted by Crippen LogP contribution is -2.07. The monoisotopic (exact) mass is 405 g/mol. The summed E-state index contributed by atoms with van der Waals surface area (Å²) in [6.45, 7) is 2.06. The second-order valence-electron chi connectivity index (χ2n) is 6.19. The molecule has 1 heterocycles. The molecule has 0 unspecified atom stereocenters. The predicted octanol–water partition coefficient (Wildman–Crippen LogP) is 6.91. The number of methoxy groups -OCH3 is 1. The minimum absolute atomic E-state index is 0.612. The van der Waals surface area contributed by atoms with Gasteiger partial charge in [-0.25, -0.2) is 4.99 Å². The molecule has 0 aromatic heterocycles. The summed E-state index contributed by atoms with van der Waals surface area (Å²) in [5.74, 6) is 1.59. The highest BCUT2D eigenvalue weighted by atomic mass is 32.2. The first-order chi connectivity index (χ1) is 13.7. The average molecular weight is 406 g/mol. The first-order valence-corrected chi connectivity index (χ1v) is 10.5. The third-order valence-corrected chi connectivity index (χ3v) is 6.10. The smallest absolute Gasteiger partial charge is 0.261 e. The van der Waals surface area contributed by atoms with E-state index in [1.54, 1.807) is 18.9 Å². The summed E-state index contributed by atoms with van der Waals surface area (Å²) in [5.41, 5.74) is 3.12. The number of aliphatic imine (C=N–C) groups is 1. The summed E-state index contributed by atoms with van der Waals surface area (Å²) in [5, 5.41) is 2.76. The molecule has 4 rings (SSSR count). The second kappa shape index (κ2) is 8.59. The molecule has 3 aromatic carbocycles. The van der Waals surface area contributed by atoms with E-state index < -0.39 is 0 Å². The van der Waals surface area contributed by atoms with E-state index in [4.69, 9.17) is 14.5 Å². The Hall–Kier alpha value is -2.63. The zero-order valence-electron chi connectivity index (χ0n) is 15.6. The molecule has 0 fully saturated rings. The average Bonchev–Trinajstić information content (AvgIpc) is 2.74. The molecule has 0 radical (unpaired) electrons. The minimum Gasteiger partial charge on any atom is -0.497 e. The highest BCUT2D eigenvalue weighted by Crippen LogP contribution is 2.44. The number of benzene rings is 3. The Labute approximate surface area is 173 Å². The molecule has 0 spiro atoms. The summed E-state index contributed by atoms with van der Waals surface area (Å²) in [4.78, 5) is 6.96. The SMILES string of the molecule is COc1ccc2c(c1)/C(=C/Sc1ccccc1)SC(Oc1ccc(C)cc1)=N2. The van der Waals surface area contributed by atoms with Crippen molar-refractivity contribution in [3.8, 4) is 11.5 Å². The van der Waals surface area contributed by atoms with Crippen molar-refractivity contribution >= 4 is 39.3 Å². The number of thioether (sulfide) groups is 2. The van der Waals surface area contributed by atoms with Gasteiger partial charge in [-0.15, -0.1) is 0 Å². The molecule has 0 aliphatic carbocycles. The van der Waals surface area contributed by atoms with Crippen LogP contribution < -0.4 is 9.47 Å². The van der Waals surface area contributed by atoms with Crippen molar-refractivity contribution in [3.63, 3.8) is 0 Å². The molecule has 1 aliphatic rings. The molecular weight excluding hydrogens is 386 g/mol. The van der Waals surface area contributed by atoms with Gasteiger partial charge in [0.2, 0.25) is 0 Å². The third-order valence-electron chi connectivity index (χ3n) is 4.15. The molecule has 0 saturated heterocycles. The lowest BCUT2D eigenvalue weighted by atomic mass is 10.1. The summed E-state index contributed by atoms with van der Waals surface area (Å²) < 4.78 is 11.4. The van der Waals surface area contributed by atoms with Crippen molar-refractivity contribution in [2.45, 2.75) is 11.8 Å². The van der Waals surface area contributed by atoms with Crippen molar-refractivity contribution < 1.29 is 9.47 Å². The molecular formula is C23H19NO2S2. The van der Waals surface area contributed by atoms with E-state index in [1.807, 2.05) is 60.7 Å². The highest BCUT2D eigenvalue weighted by molar-refractivity contribution is 8.22. The van der Waals surface area contributed by atoms with E-state index in [9.17, 15) is 0 Å². The number of hydrogen-bond acceptors (Lipinski definition) is 5. The number of hydrogen-bond donors (Lipinski definition) is 0. The van der Waals surface area contributed by atoms with Crippen molar-refractivity contribution in [1.29, 1.82) is 0 Å². The van der Waals surface area contributed by atoms with Crippen LogP contribution in [0, 0.1) is 6.92 Å². The first-order valence-electron chi connectivity index (χ1n) is 8.82. The zero-order valence-corrected chi connectivity index (χ0v) is 17.2. The fourth-order valence-electron chi connectivity index (χ4n) is 2.67. The third kappa shape index (κ3) is 4.43. The standard InChI is InChI=1S/C23H19NO2S2/c1-16-8-10-17(11-9-16)26-23-24-21-13-12-18(25-2)14-20(21)22(28-23)15-27-19-6-4-3-5-7-19/h3-15H,1-2H3/b22-15-. The molecule has 28 heavy (non-hydrogen) atoms. The van der Waals surface area contributed by atoms with Gasteiger partial charge in [0.15, 0.2) is 0 Å². The summed E-state index contributed by atoms with van der Waals surface area (Å²) in [7, 11) is 1.68. The molecule has 3 nitrogen and oxygen atoms in total. The minimum atomic E-state index is 0.612. The molecule has 0 saturated carbocycles. The van der Waals surface area contributed by atoms with E-state index in [0.717, 1.165) is 27.7 Å². The maximum atomic E-state index is 6.04. The molecule has 0 atom stereocenters.